The first-order chi connectivity index (χ1) is 14.4. The van der Waals surface area contributed by atoms with Crippen molar-refractivity contribution in [2.75, 3.05) is 36.4 Å². The van der Waals surface area contributed by atoms with E-state index in [4.69, 9.17) is 0 Å². The number of halogens is 4. The van der Waals surface area contributed by atoms with E-state index < -0.39 is 11.7 Å². The van der Waals surface area contributed by atoms with E-state index >= 15 is 0 Å². The number of aromatic nitrogens is 1. The molecule has 1 aliphatic heterocycles. The summed E-state index contributed by atoms with van der Waals surface area (Å²) >= 11 is 3.39. The molecule has 156 valence electrons. The molecule has 1 aromatic heterocycles. The molecule has 2 N–H and O–H groups in total. The minimum absolute atomic E-state index is 0.160. The third kappa shape index (κ3) is 4.13. The van der Waals surface area contributed by atoms with E-state index in [2.05, 4.69) is 31.5 Å². The number of rotatable bonds is 4. The van der Waals surface area contributed by atoms with Crippen molar-refractivity contribution in [1.82, 2.24) is 10.3 Å². The summed E-state index contributed by atoms with van der Waals surface area (Å²) < 4.78 is 42.3. The number of hydrogen-bond acceptors (Lipinski definition) is 5. The first-order valence-corrected chi connectivity index (χ1v) is 10.1. The third-order valence-corrected chi connectivity index (χ3v) is 5.51. The van der Waals surface area contributed by atoms with Crippen LogP contribution in [0.3, 0.4) is 0 Å². The van der Waals surface area contributed by atoms with E-state index in [0.717, 1.165) is 10.5 Å². The normalized spacial score (nSPS) is 14.7. The van der Waals surface area contributed by atoms with Crippen LogP contribution in [0, 0.1) is 0 Å². The van der Waals surface area contributed by atoms with Crippen LogP contribution in [-0.4, -0.2) is 37.4 Å². The van der Waals surface area contributed by atoms with E-state index in [9.17, 15) is 18.0 Å². The van der Waals surface area contributed by atoms with Crippen molar-refractivity contribution in [2.24, 2.45) is 0 Å². The molecule has 5 nitrogen and oxygen atoms in total. The van der Waals surface area contributed by atoms with E-state index in [1.54, 1.807) is 23.1 Å². The highest BCUT2D eigenvalue weighted by molar-refractivity contribution is 9.10. The first-order valence-electron chi connectivity index (χ1n) is 9.34. The molecule has 1 saturated heterocycles. The van der Waals surface area contributed by atoms with Crippen molar-refractivity contribution >= 4 is 50.2 Å². The Labute approximate surface area is 179 Å². The predicted molar refractivity (Wildman–Crippen MR) is 115 cm³/mol. The molecule has 0 aliphatic carbocycles. The smallest absolute Gasteiger partial charge is 0.368 e. The summed E-state index contributed by atoms with van der Waals surface area (Å²) in [5.74, 6) is 0. The lowest BCUT2D eigenvalue weighted by molar-refractivity contribution is -0.137. The van der Waals surface area contributed by atoms with Crippen molar-refractivity contribution in [3.63, 3.8) is 0 Å². The number of carbonyl (C=O) groups is 1. The molecule has 0 radical (unpaired) electrons. The largest absolute Gasteiger partial charge is 0.418 e. The van der Waals surface area contributed by atoms with Crippen molar-refractivity contribution in [2.45, 2.75) is 6.18 Å². The molecule has 2 heterocycles. The van der Waals surface area contributed by atoms with Gasteiger partial charge in [0.15, 0.2) is 6.29 Å². The number of carbonyl (C=O) groups excluding carboxylic acids is 1. The predicted octanol–water partition coefficient (Wildman–Crippen LogP) is 4.98. The van der Waals surface area contributed by atoms with Crippen LogP contribution in [0.5, 0.6) is 0 Å². The molecule has 1 aliphatic rings. The summed E-state index contributed by atoms with van der Waals surface area (Å²) in [6.07, 6.45) is -2.46. The molecule has 30 heavy (non-hydrogen) atoms. The Hall–Kier alpha value is -2.65. The van der Waals surface area contributed by atoms with Gasteiger partial charge in [0.05, 0.1) is 22.3 Å². The average Bonchev–Trinajstić information content (AvgIpc) is 2.74. The summed E-state index contributed by atoms with van der Waals surface area (Å²) in [5, 5.41) is 6.79. The van der Waals surface area contributed by atoms with Gasteiger partial charge in [0, 0.05) is 53.6 Å². The summed E-state index contributed by atoms with van der Waals surface area (Å²) in [5.41, 5.74) is 1.00. The summed E-state index contributed by atoms with van der Waals surface area (Å²) in [6, 6.07) is 9.53. The average molecular weight is 479 g/mol. The van der Waals surface area contributed by atoms with Crippen molar-refractivity contribution < 1.29 is 18.0 Å². The van der Waals surface area contributed by atoms with E-state index in [-0.39, 0.29) is 16.9 Å². The Morgan fingerprint density at radius 3 is 2.60 bits per heavy atom. The number of aldehydes is 1. The van der Waals surface area contributed by atoms with E-state index in [1.165, 1.54) is 12.3 Å². The Balaban J connectivity index is 1.79. The zero-order valence-corrected chi connectivity index (χ0v) is 17.3. The summed E-state index contributed by atoms with van der Waals surface area (Å²) in [6.45, 7) is 2.29. The summed E-state index contributed by atoms with van der Waals surface area (Å²) in [4.78, 5) is 17.5. The van der Waals surface area contributed by atoms with Crippen LogP contribution >= 0.6 is 15.9 Å². The lowest BCUT2D eigenvalue weighted by Crippen LogP contribution is -2.44. The molecule has 0 bridgehead atoms. The van der Waals surface area contributed by atoms with E-state index in [1.807, 2.05) is 6.07 Å². The maximum atomic E-state index is 13.8. The number of fused-ring (bicyclic) bond motifs is 1. The second-order valence-corrected chi connectivity index (χ2v) is 7.88. The highest BCUT2D eigenvalue weighted by atomic mass is 79.9. The highest BCUT2D eigenvalue weighted by Crippen LogP contribution is 2.39. The molecule has 0 atom stereocenters. The van der Waals surface area contributed by atoms with Gasteiger partial charge >= 0.3 is 6.18 Å². The quantitative estimate of drug-likeness (QED) is 0.517. The molecule has 4 rings (SSSR count). The Morgan fingerprint density at radius 2 is 1.90 bits per heavy atom. The Morgan fingerprint density at radius 1 is 1.13 bits per heavy atom. The van der Waals surface area contributed by atoms with E-state index in [0.29, 0.717) is 49.1 Å². The highest BCUT2D eigenvalue weighted by Gasteiger charge is 2.35. The molecular weight excluding hydrogens is 461 g/mol. The monoisotopic (exact) mass is 478 g/mol. The number of anilines is 3. The topological polar surface area (TPSA) is 57.3 Å². The minimum Gasteiger partial charge on any atom is -0.368 e. The van der Waals surface area contributed by atoms with Crippen LogP contribution in [0.1, 0.15) is 15.9 Å². The van der Waals surface area contributed by atoms with Crippen LogP contribution in [0.2, 0.25) is 0 Å². The lowest BCUT2D eigenvalue weighted by atomic mass is 10.1. The van der Waals surface area contributed by atoms with Gasteiger partial charge in [-0.25, -0.2) is 0 Å². The number of nitrogens with one attached hydrogen (secondary N) is 2. The van der Waals surface area contributed by atoms with Gasteiger partial charge in [-0.2, -0.15) is 13.2 Å². The number of hydrogen-bond donors (Lipinski definition) is 2. The number of benzene rings is 2. The maximum Gasteiger partial charge on any atom is 0.418 e. The first kappa shape index (κ1) is 20.6. The zero-order valence-electron chi connectivity index (χ0n) is 15.8. The van der Waals surface area contributed by atoms with Gasteiger partial charge in [-0.1, -0.05) is 15.9 Å². The SMILES string of the molecule is O=Cc1cnc2ccc(Br)cc2c1Nc1ccc(N2CCNCC2)c(C(F)(F)F)c1. The van der Waals surface area contributed by atoms with Crippen LogP contribution in [0.15, 0.2) is 47.1 Å². The van der Waals surface area contributed by atoms with Crippen LogP contribution in [-0.2, 0) is 6.18 Å². The van der Waals surface area contributed by atoms with Crippen molar-refractivity contribution in [3.8, 4) is 0 Å². The Kier molecular flexibility index (Phi) is 5.66. The molecule has 3 aromatic rings. The molecule has 0 amide bonds. The Bertz CT molecular complexity index is 1100. The van der Waals surface area contributed by atoms with Gasteiger partial charge in [-0.15, -0.1) is 0 Å². The van der Waals surface area contributed by atoms with Gasteiger partial charge in [0.25, 0.3) is 0 Å². The third-order valence-electron chi connectivity index (χ3n) is 5.02. The number of piperazine rings is 1. The lowest BCUT2D eigenvalue weighted by Gasteiger charge is -2.31. The second-order valence-electron chi connectivity index (χ2n) is 6.96. The molecule has 0 saturated carbocycles. The van der Waals surface area contributed by atoms with Gasteiger partial charge < -0.3 is 15.5 Å². The fourth-order valence-electron chi connectivity index (χ4n) is 3.58. The van der Waals surface area contributed by atoms with Gasteiger partial charge in [0.2, 0.25) is 0 Å². The van der Waals surface area contributed by atoms with Crippen LogP contribution in [0.4, 0.5) is 30.2 Å². The fraction of sp³-hybridized carbons (Fsp3) is 0.238. The van der Waals surface area contributed by atoms with Gasteiger partial charge in [0.1, 0.15) is 0 Å². The van der Waals surface area contributed by atoms with Crippen LogP contribution in [0.25, 0.3) is 10.9 Å². The van der Waals surface area contributed by atoms with Crippen molar-refractivity contribution in [3.05, 3.63) is 58.2 Å². The van der Waals surface area contributed by atoms with Gasteiger partial charge in [-0.05, 0) is 36.4 Å². The fourth-order valence-corrected chi connectivity index (χ4v) is 3.94. The molecule has 0 unspecified atom stereocenters. The maximum absolute atomic E-state index is 13.8. The standard InChI is InChI=1S/C21H18BrF3N4O/c22-14-1-3-18-16(9-14)20(13(12-30)11-27-18)28-15-2-4-19(17(10-15)21(23,24)25)29-7-5-26-6-8-29/h1-4,9-12,26H,5-8H2,(H,27,28). The molecule has 9 heteroatoms. The van der Waals surface area contributed by atoms with Crippen LogP contribution < -0.4 is 15.5 Å². The minimum atomic E-state index is -4.51. The zero-order chi connectivity index (χ0) is 21.3. The van der Waals surface area contributed by atoms with Crippen molar-refractivity contribution in [1.29, 1.82) is 0 Å². The second kappa shape index (κ2) is 8.23. The molecular formula is C21H18BrF3N4O. The summed E-state index contributed by atoms with van der Waals surface area (Å²) in [7, 11) is 0. The number of alkyl halides is 3. The number of pyridine rings is 1. The van der Waals surface area contributed by atoms with Gasteiger partial charge in [-0.3, -0.25) is 9.78 Å². The molecule has 1 fully saturated rings. The molecule has 2 aromatic carbocycles. The number of nitrogens with zero attached hydrogens (tertiary/aromatic N) is 2. The molecule has 0 spiro atoms.